The summed E-state index contributed by atoms with van der Waals surface area (Å²) in [5, 5.41) is 12.4. The Morgan fingerprint density at radius 1 is 1.33 bits per heavy atom. The average molecular weight is 250 g/mol. The molecule has 0 atom stereocenters. The number of rotatable bonds is 5. The number of benzene rings is 1. The van der Waals surface area contributed by atoms with Crippen molar-refractivity contribution in [1.82, 2.24) is 10.2 Å². The van der Waals surface area contributed by atoms with Gasteiger partial charge >= 0.3 is 0 Å². The van der Waals surface area contributed by atoms with E-state index in [-0.39, 0.29) is 17.1 Å². The molecule has 0 aliphatic heterocycles. The molecule has 1 amide bonds. The van der Waals surface area contributed by atoms with Crippen LogP contribution >= 0.6 is 0 Å². The van der Waals surface area contributed by atoms with Crippen LogP contribution in [0.5, 0.6) is 5.75 Å². The smallest absolute Gasteiger partial charge is 0.255 e. The number of phenolic OH excluding ortho intramolecular Hbond substituents is 1. The summed E-state index contributed by atoms with van der Waals surface area (Å²) in [5.41, 5.74) is 0.307. The molecule has 0 radical (unpaired) electrons. The van der Waals surface area contributed by atoms with Crippen LogP contribution in [0, 0.1) is 5.41 Å². The predicted octanol–water partition coefficient (Wildman–Crippen LogP) is 1.71. The predicted molar refractivity (Wildman–Crippen MR) is 72.8 cm³/mol. The van der Waals surface area contributed by atoms with Gasteiger partial charge in [-0.2, -0.15) is 0 Å². The molecule has 0 aliphatic carbocycles. The van der Waals surface area contributed by atoms with E-state index < -0.39 is 0 Å². The molecule has 0 saturated heterocycles. The summed E-state index contributed by atoms with van der Waals surface area (Å²) in [6.45, 7) is 5.64. The number of phenols is 1. The van der Waals surface area contributed by atoms with Crippen LogP contribution in [0.25, 0.3) is 0 Å². The lowest BCUT2D eigenvalue weighted by molar-refractivity contribution is 0.0926. The van der Waals surface area contributed by atoms with E-state index in [1.807, 2.05) is 14.1 Å². The van der Waals surface area contributed by atoms with Gasteiger partial charge in [-0.05, 0) is 31.6 Å². The molecular formula is C14H22N2O2. The first kappa shape index (κ1) is 14.5. The highest BCUT2D eigenvalue weighted by Crippen LogP contribution is 2.17. The monoisotopic (exact) mass is 250 g/mol. The lowest BCUT2D eigenvalue weighted by atomic mass is 9.93. The Bertz CT molecular complexity index is 414. The van der Waals surface area contributed by atoms with Gasteiger partial charge in [-0.1, -0.05) is 26.0 Å². The largest absolute Gasteiger partial charge is 0.507 e. The van der Waals surface area contributed by atoms with Crippen LogP contribution in [-0.4, -0.2) is 43.1 Å². The lowest BCUT2D eigenvalue weighted by Crippen LogP contribution is -2.39. The van der Waals surface area contributed by atoms with Gasteiger partial charge in [0.15, 0.2) is 0 Å². The van der Waals surface area contributed by atoms with Crippen LogP contribution in [0.3, 0.4) is 0 Å². The fourth-order valence-corrected chi connectivity index (χ4v) is 1.99. The molecule has 1 rings (SSSR count). The second kappa shape index (κ2) is 5.87. The van der Waals surface area contributed by atoms with Crippen molar-refractivity contribution in [3.05, 3.63) is 29.8 Å². The second-order valence-electron chi connectivity index (χ2n) is 5.60. The van der Waals surface area contributed by atoms with E-state index >= 15 is 0 Å². The van der Waals surface area contributed by atoms with Crippen molar-refractivity contribution in [2.75, 3.05) is 27.2 Å². The number of aromatic hydroxyl groups is 1. The van der Waals surface area contributed by atoms with Gasteiger partial charge in [0.05, 0.1) is 5.56 Å². The Balaban J connectivity index is 2.59. The van der Waals surface area contributed by atoms with E-state index in [0.717, 1.165) is 6.54 Å². The lowest BCUT2D eigenvalue weighted by Gasteiger charge is -2.28. The highest BCUT2D eigenvalue weighted by atomic mass is 16.3. The van der Waals surface area contributed by atoms with Gasteiger partial charge < -0.3 is 15.3 Å². The third-order valence-electron chi connectivity index (χ3n) is 2.62. The van der Waals surface area contributed by atoms with Crippen LogP contribution in [-0.2, 0) is 0 Å². The van der Waals surface area contributed by atoms with E-state index in [1.165, 1.54) is 6.07 Å². The third kappa shape index (κ3) is 4.37. The maximum Gasteiger partial charge on any atom is 0.255 e. The minimum atomic E-state index is -0.236. The number of nitrogens with one attached hydrogen (secondary N) is 1. The van der Waals surface area contributed by atoms with Gasteiger partial charge in [0.25, 0.3) is 5.91 Å². The van der Waals surface area contributed by atoms with Gasteiger partial charge in [0.2, 0.25) is 0 Å². The fraction of sp³-hybridized carbons (Fsp3) is 0.500. The minimum Gasteiger partial charge on any atom is -0.507 e. The first-order valence-corrected chi connectivity index (χ1v) is 6.03. The van der Waals surface area contributed by atoms with Crippen LogP contribution in [0.1, 0.15) is 24.2 Å². The van der Waals surface area contributed by atoms with Crippen molar-refractivity contribution in [2.24, 2.45) is 5.41 Å². The standard InChI is InChI=1S/C14H22N2O2/c1-14(2,10-16(3)4)9-15-13(18)11-7-5-6-8-12(11)17/h5-8,17H,9-10H2,1-4H3,(H,15,18). The molecule has 4 heteroatoms. The number of carbonyl (C=O) groups excluding carboxylic acids is 1. The molecule has 1 aromatic carbocycles. The Hall–Kier alpha value is -1.55. The fourth-order valence-electron chi connectivity index (χ4n) is 1.99. The highest BCUT2D eigenvalue weighted by Gasteiger charge is 2.20. The normalized spacial score (nSPS) is 11.6. The second-order valence-corrected chi connectivity index (χ2v) is 5.60. The zero-order valence-electron chi connectivity index (χ0n) is 11.5. The topological polar surface area (TPSA) is 52.6 Å². The first-order chi connectivity index (χ1) is 8.32. The molecule has 0 bridgehead atoms. The first-order valence-electron chi connectivity index (χ1n) is 6.03. The molecule has 0 fully saturated rings. The summed E-state index contributed by atoms with van der Waals surface area (Å²) in [5.74, 6) is -0.222. The molecule has 0 aliphatic rings. The molecule has 0 unspecified atom stereocenters. The zero-order valence-corrected chi connectivity index (χ0v) is 11.5. The van der Waals surface area contributed by atoms with Gasteiger partial charge in [-0.15, -0.1) is 0 Å². The average Bonchev–Trinajstić information content (AvgIpc) is 2.25. The summed E-state index contributed by atoms with van der Waals surface area (Å²) < 4.78 is 0. The van der Waals surface area contributed by atoms with Gasteiger partial charge in [0, 0.05) is 13.1 Å². The van der Waals surface area contributed by atoms with Crippen LogP contribution < -0.4 is 5.32 Å². The number of hydrogen-bond donors (Lipinski definition) is 2. The molecule has 100 valence electrons. The maximum atomic E-state index is 11.9. The minimum absolute atomic E-state index is 0.0104. The van der Waals surface area contributed by atoms with Crippen LogP contribution in [0.15, 0.2) is 24.3 Å². The summed E-state index contributed by atoms with van der Waals surface area (Å²) >= 11 is 0. The van der Waals surface area contributed by atoms with Crippen molar-refractivity contribution in [1.29, 1.82) is 0 Å². The van der Waals surface area contributed by atoms with Crippen molar-refractivity contribution < 1.29 is 9.90 Å². The number of amides is 1. The van der Waals surface area contributed by atoms with E-state index in [2.05, 4.69) is 24.1 Å². The maximum absolute atomic E-state index is 11.9. The summed E-state index contributed by atoms with van der Waals surface area (Å²) in [7, 11) is 4.01. The molecule has 1 aromatic rings. The van der Waals surface area contributed by atoms with Gasteiger partial charge in [-0.3, -0.25) is 4.79 Å². The van der Waals surface area contributed by atoms with Crippen molar-refractivity contribution in [2.45, 2.75) is 13.8 Å². The van der Waals surface area contributed by atoms with Gasteiger partial charge in [-0.25, -0.2) is 0 Å². The van der Waals surface area contributed by atoms with Crippen LogP contribution in [0.4, 0.5) is 0 Å². The number of para-hydroxylation sites is 1. The molecule has 0 heterocycles. The van der Waals surface area contributed by atoms with Crippen molar-refractivity contribution in [3.8, 4) is 5.75 Å². The van der Waals surface area contributed by atoms with Gasteiger partial charge in [0.1, 0.15) is 5.75 Å². The Kier molecular flexibility index (Phi) is 4.73. The van der Waals surface area contributed by atoms with E-state index in [9.17, 15) is 9.90 Å². The van der Waals surface area contributed by atoms with E-state index in [1.54, 1.807) is 18.2 Å². The Morgan fingerprint density at radius 2 is 1.94 bits per heavy atom. The van der Waals surface area contributed by atoms with E-state index in [4.69, 9.17) is 0 Å². The summed E-state index contributed by atoms with van der Waals surface area (Å²) in [6, 6.07) is 6.56. The Labute approximate surface area is 109 Å². The number of carbonyl (C=O) groups is 1. The molecule has 0 aromatic heterocycles. The summed E-state index contributed by atoms with van der Waals surface area (Å²) in [6.07, 6.45) is 0. The SMILES string of the molecule is CN(C)CC(C)(C)CNC(=O)c1ccccc1O. The Morgan fingerprint density at radius 3 is 2.50 bits per heavy atom. The van der Waals surface area contributed by atoms with Crippen LogP contribution in [0.2, 0.25) is 0 Å². The van der Waals surface area contributed by atoms with Crippen molar-refractivity contribution in [3.63, 3.8) is 0 Å². The molecule has 4 nitrogen and oxygen atoms in total. The molecule has 0 spiro atoms. The molecule has 0 saturated carbocycles. The summed E-state index contributed by atoms with van der Waals surface area (Å²) in [4.78, 5) is 14.0. The molecule has 2 N–H and O–H groups in total. The van der Waals surface area contributed by atoms with Crippen molar-refractivity contribution >= 4 is 5.91 Å². The zero-order chi connectivity index (χ0) is 13.8. The quantitative estimate of drug-likeness (QED) is 0.836. The number of nitrogens with zero attached hydrogens (tertiary/aromatic N) is 1. The molecule has 18 heavy (non-hydrogen) atoms. The van der Waals surface area contributed by atoms with E-state index in [0.29, 0.717) is 12.1 Å². The highest BCUT2D eigenvalue weighted by molar-refractivity contribution is 5.96. The molecular weight excluding hydrogens is 228 g/mol. The number of hydrogen-bond acceptors (Lipinski definition) is 3. The third-order valence-corrected chi connectivity index (χ3v) is 2.62.